The monoisotopic (exact) mass is 485 g/mol. The third kappa shape index (κ3) is 2.93. The van der Waals surface area contributed by atoms with Crippen LogP contribution in [0.3, 0.4) is 0 Å². The van der Waals surface area contributed by atoms with Gasteiger partial charge in [0.1, 0.15) is 0 Å². The van der Waals surface area contributed by atoms with E-state index in [-0.39, 0.29) is 0 Å². The Hall–Kier alpha value is -5.15. The lowest BCUT2D eigenvalue weighted by Crippen LogP contribution is -2.05. The van der Waals surface area contributed by atoms with Gasteiger partial charge in [-0.1, -0.05) is 91.0 Å². The maximum Gasteiger partial charge on any atom is 0.0782 e. The molecular weight excluding hydrogens is 462 g/mol. The molecule has 0 fully saturated rings. The molecule has 0 unspecified atom stereocenters. The third-order valence-corrected chi connectivity index (χ3v) is 7.61. The summed E-state index contributed by atoms with van der Waals surface area (Å²) in [5.41, 5.74) is 9.27. The fraction of sp³-hybridized carbons (Fsp3) is 0. The molecule has 178 valence electrons. The number of fused-ring (bicyclic) bond motifs is 6. The number of nitrogens with zero attached hydrogens (tertiary/aromatic N) is 3. The summed E-state index contributed by atoms with van der Waals surface area (Å²) in [6.07, 6.45) is 3.79. The maximum atomic E-state index is 4.48. The zero-order chi connectivity index (χ0) is 25.1. The summed E-state index contributed by atoms with van der Waals surface area (Å²) in [5, 5.41) is 5.00. The summed E-state index contributed by atoms with van der Waals surface area (Å²) in [4.78, 5) is 4.48. The average Bonchev–Trinajstić information content (AvgIpc) is 3.50. The van der Waals surface area contributed by atoms with Gasteiger partial charge in [-0.05, 0) is 36.4 Å². The van der Waals surface area contributed by atoms with Gasteiger partial charge in [-0.25, -0.2) is 0 Å². The predicted molar refractivity (Wildman–Crippen MR) is 158 cm³/mol. The van der Waals surface area contributed by atoms with Gasteiger partial charge in [0, 0.05) is 45.1 Å². The van der Waals surface area contributed by atoms with E-state index < -0.39 is 0 Å². The lowest BCUT2D eigenvalue weighted by molar-refractivity contribution is 1.10. The van der Waals surface area contributed by atoms with Crippen molar-refractivity contribution in [3.8, 4) is 22.5 Å². The molecule has 3 nitrogen and oxygen atoms in total. The van der Waals surface area contributed by atoms with Crippen molar-refractivity contribution in [1.29, 1.82) is 0 Å². The average molecular weight is 486 g/mol. The minimum atomic E-state index is 1.09. The molecule has 0 aliphatic rings. The lowest BCUT2D eigenvalue weighted by Gasteiger charge is -2.20. The number of rotatable bonds is 3. The Labute approximate surface area is 219 Å². The van der Waals surface area contributed by atoms with Crippen LogP contribution in [0.25, 0.3) is 66.1 Å². The van der Waals surface area contributed by atoms with Crippen LogP contribution in [0.15, 0.2) is 140 Å². The number of para-hydroxylation sites is 5. The molecule has 0 saturated heterocycles. The first kappa shape index (κ1) is 21.0. The summed E-state index contributed by atoms with van der Waals surface area (Å²) in [7, 11) is 0. The molecule has 5 aromatic carbocycles. The first-order valence-electron chi connectivity index (χ1n) is 12.9. The summed E-state index contributed by atoms with van der Waals surface area (Å²) in [5.74, 6) is 0. The van der Waals surface area contributed by atoms with Crippen LogP contribution in [0.5, 0.6) is 0 Å². The van der Waals surface area contributed by atoms with E-state index in [1.165, 1.54) is 43.6 Å². The van der Waals surface area contributed by atoms with Crippen molar-refractivity contribution in [3.63, 3.8) is 0 Å². The van der Waals surface area contributed by atoms with Crippen LogP contribution in [0.1, 0.15) is 0 Å². The molecule has 3 aromatic heterocycles. The van der Waals surface area contributed by atoms with Crippen LogP contribution in [-0.4, -0.2) is 14.1 Å². The molecule has 0 bridgehead atoms. The van der Waals surface area contributed by atoms with E-state index in [9.17, 15) is 0 Å². The van der Waals surface area contributed by atoms with E-state index in [2.05, 4.69) is 135 Å². The molecule has 0 N–H and O–H groups in total. The molecule has 38 heavy (non-hydrogen) atoms. The molecule has 0 spiro atoms. The highest BCUT2D eigenvalue weighted by atomic mass is 15.1. The van der Waals surface area contributed by atoms with E-state index in [0.717, 1.165) is 22.5 Å². The smallest absolute Gasteiger partial charge is 0.0782 e. The standard InChI is InChI=1S/C35H23N3/c1-5-17-30-26(12-1)27-13-2-6-18-31(27)37(30)34-21-9-16-25(24-11-10-22-36-23-24)35(34)38-32-19-7-3-14-28(32)29-15-4-8-20-33(29)38/h1-23H. The molecule has 0 saturated carbocycles. The molecule has 8 aromatic rings. The Morgan fingerprint density at radius 3 is 1.42 bits per heavy atom. The number of hydrogen-bond acceptors (Lipinski definition) is 1. The Morgan fingerprint density at radius 1 is 0.421 bits per heavy atom. The molecule has 0 atom stereocenters. The van der Waals surface area contributed by atoms with Crippen molar-refractivity contribution in [2.75, 3.05) is 0 Å². The van der Waals surface area contributed by atoms with Crippen LogP contribution in [0.4, 0.5) is 0 Å². The Kier molecular flexibility index (Phi) is 4.52. The summed E-state index contributed by atoms with van der Waals surface area (Å²) < 4.78 is 4.86. The topological polar surface area (TPSA) is 22.8 Å². The van der Waals surface area contributed by atoms with Crippen LogP contribution in [0.2, 0.25) is 0 Å². The molecule has 0 radical (unpaired) electrons. The zero-order valence-electron chi connectivity index (χ0n) is 20.6. The van der Waals surface area contributed by atoms with Gasteiger partial charge in [0.15, 0.2) is 0 Å². The highest BCUT2D eigenvalue weighted by Crippen LogP contribution is 2.41. The van der Waals surface area contributed by atoms with Crippen molar-refractivity contribution in [1.82, 2.24) is 14.1 Å². The van der Waals surface area contributed by atoms with Crippen LogP contribution >= 0.6 is 0 Å². The minimum Gasteiger partial charge on any atom is -0.307 e. The third-order valence-electron chi connectivity index (χ3n) is 7.61. The summed E-state index contributed by atoms with van der Waals surface area (Å²) >= 11 is 0. The van der Waals surface area contributed by atoms with E-state index in [1.54, 1.807) is 0 Å². The van der Waals surface area contributed by atoms with Crippen molar-refractivity contribution < 1.29 is 0 Å². The van der Waals surface area contributed by atoms with Gasteiger partial charge in [-0.3, -0.25) is 4.98 Å². The SMILES string of the molecule is c1cncc(-c2cccc(-n3c4ccccc4c4ccccc43)c2-n2c3ccccc3c3ccccc32)c1. The normalized spacial score (nSPS) is 11.7. The largest absolute Gasteiger partial charge is 0.307 e. The van der Waals surface area contributed by atoms with Gasteiger partial charge in [-0.2, -0.15) is 0 Å². The van der Waals surface area contributed by atoms with Gasteiger partial charge in [0.05, 0.1) is 33.4 Å². The van der Waals surface area contributed by atoms with Crippen molar-refractivity contribution in [3.05, 3.63) is 140 Å². The van der Waals surface area contributed by atoms with Gasteiger partial charge < -0.3 is 9.13 Å². The van der Waals surface area contributed by atoms with E-state index >= 15 is 0 Å². The second-order valence-electron chi connectivity index (χ2n) is 9.65. The molecule has 0 amide bonds. The number of hydrogen-bond donors (Lipinski definition) is 0. The molecular formula is C35H23N3. The van der Waals surface area contributed by atoms with Crippen molar-refractivity contribution in [2.24, 2.45) is 0 Å². The molecule has 3 heterocycles. The Morgan fingerprint density at radius 2 is 0.921 bits per heavy atom. The van der Waals surface area contributed by atoms with Crippen molar-refractivity contribution >= 4 is 43.6 Å². The first-order chi connectivity index (χ1) is 18.9. The van der Waals surface area contributed by atoms with Crippen molar-refractivity contribution in [2.45, 2.75) is 0 Å². The van der Waals surface area contributed by atoms with Crippen LogP contribution in [-0.2, 0) is 0 Å². The second kappa shape index (κ2) is 8.19. The molecule has 0 aliphatic heterocycles. The summed E-state index contributed by atoms with van der Waals surface area (Å²) in [6.45, 7) is 0. The quantitative estimate of drug-likeness (QED) is 0.245. The second-order valence-corrected chi connectivity index (χ2v) is 9.65. The van der Waals surface area contributed by atoms with Gasteiger partial charge in [-0.15, -0.1) is 0 Å². The van der Waals surface area contributed by atoms with E-state index in [0.29, 0.717) is 0 Å². The van der Waals surface area contributed by atoms with E-state index in [4.69, 9.17) is 0 Å². The lowest BCUT2D eigenvalue weighted by atomic mass is 10.0. The Bertz CT molecular complexity index is 2020. The Balaban J connectivity index is 1.60. The minimum absolute atomic E-state index is 1.09. The fourth-order valence-corrected chi connectivity index (χ4v) is 6.05. The highest BCUT2D eigenvalue weighted by molar-refractivity contribution is 6.12. The van der Waals surface area contributed by atoms with Gasteiger partial charge in [0.2, 0.25) is 0 Å². The van der Waals surface area contributed by atoms with E-state index in [1.807, 2.05) is 18.5 Å². The first-order valence-corrected chi connectivity index (χ1v) is 12.9. The number of aromatic nitrogens is 3. The fourth-order valence-electron chi connectivity index (χ4n) is 6.05. The number of benzene rings is 5. The molecule has 0 aliphatic carbocycles. The van der Waals surface area contributed by atoms with Gasteiger partial charge in [0.25, 0.3) is 0 Å². The zero-order valence-corrected chi connectivity index (χ0v) is 20.6. The molecule has 8 rings (SSSR count). The van der Waals surface area contributed by atoms with Gasteiger partial charge >= 0.3 is 0 Å². The number of pyridine rings is 1. The maximum absolute atomic E-state index is 4.48. The summed E-state index contributed by atoms with van der Waals surface area (Å²) in [6, 6.07) is 45.6. The predicted octanol–water partition coefficient (Wildman–Crippen LogP) is 8.94. The van der Waals surface area contributed by atoms with Crippen LogP contribution < -0.4 is 0 Å². The molecule has 3 heteroatoms. The van der Waals surface area contributed by atoms with Crippen LogP contribution in [0, 0.1) is 0 Å². The highest BCUT2D eigenvalue weighted by Gasteiger charge is 2.21.